The number of ether oxygens (including phenoxy) is 2. The molecule has 1 aliphatic heterocycles. The lowest BCUT2D eigenvalue weighted by molar-refractivity contribution is 0.0286. The van der Waals surface area contributed by atoms with Crippen molar-refractivity contribution in [1.29, 1.82) is 0 Å². The van der Waals surface area contributed by atoms with E-state index in [0.29, 0.717) is 37.5 Å². The summed E-state index contributed by atoms with van der Waals surface area (Å²) in [7, 11) is 1.61. The third kappa shape index (κ3) is 2.94. The Morgan fingerprint density at radius 3 is 3.00 bits per heavy atom. The molecule has 0 aliphatic carbocycles. The molecule has 9 heteroatoms. The number of pyridine rings is 1. The number of hydrogen-bond acceptors (Lipinski definition) is 6. The standard InChI is InChI=1S/C13H13Cl2FN4O2/c1-21-7-5-20(2-3-22-6-7)12-8-4-17-11(14)9(16)10(8)18-13(15)19-12/h4,7H,2-3,5-6H2,1H3. The Labute approximate surface area is 136 Å². The molecule has 1 unspecified atom stereocenters. The summed E-state index contributed by atoms with van der Waals surface area (Å²) in [6.45, 7) is 2.12. The maximum absolute atomic E-state index is 14.1. The van der Waals surface area contributed by atoms with Gasteiger partial charge in [0.25, 0.3) is 0 Å². The largest absolute Gasteiger partial charge is 0.377 e. The van der Waals surface area contributed by atoms with Gasteiger partial charge in [-0.3, -0.25) is 0 Å². The van der Waals surface area contributed by atoms with Crippen molar-refractivity contribution in [2.75, 3.05) is 38.3 Å². The summed E-state index contributed by atoms with van der Waals surface area (Å²) in [5.74, 6) is -0.218. The van der Waals surface area contributed by atoms with Crippen LogP contribution in [0.5, 0.6) is 0 Å². The molecule has 1 fully saturated rings. The second-order valence-corrected chi connectivity index (χ2v) is 5.52. The molecule has 1 saturated heterocycles. The summed E-state index contributed by atoms with van der Waals surface area (Å²) < 4.78 is 25.0. The van der Waals surface area contributed by atoms with Crippen LogP contribution in [0.1, 0.15) is 0 Å². The van der Waals surface area contributed by atoms with Gasteiger partial charge >= 0.3 is 0 Å². The highest BCUT2D eigenvalue weighted by molar-refractivity contribution is 6.30. The van der Waals surface area contributed by atoms with E-state index in [1.807, 2.05) is 4.90 Å². The van der Waals surface area contributed by atoms with Crippen molar-refractivity contribution in [2.24, 2.45) is 0 Å². The molecule has 1 aliphatic rings. The third-order valence-corrected chi connectivity index (χ3v) is 3.89. The minimum absolute atomic E-state index is 0.0501. The molecule has 2 aromatic rings. The second kappa shape index (κ2) is 6.45. The molecule has 0 aromatic carbocycles. The zero-order chi connectivity index (χ0) is 15.7. The molecule has 0 N–H and O–H groups in total. The van der Waals surface area contributed by atoms with Crippen LogP contribution in [-0.2, 0) is 9.47 Å². The first-order chi connectivity index (χ1) is 10.6. The molecule has 3 heterocycles. The van der Waals surface area contributed by atoms with E-state index in [4.69, 9.17) is 32.7 Å². The fourth-order valence-corrected chi connectivity index (χ4v) is 2.65. The molecular formula is C13H13Cl2FN4O2. The lowest BCUT2D eigenvalue weighted by Crippen LogP contribution is -2.34. The van der Waals surface area contributed by atoms with Gasteiger partial charge in [-0.2, -0.15) is 4.98 Å². The Morgan fingerprint density at radius 1 is 1.41 bits per heavy atom. The molecule has 2 aromatic heterocycles. The number of anilines is 1. The van der Waals surface area contributed by atoms with Crippen molar-refractivity contribution in [2.45, 2.75) is 6.10 Å². The molecule has 0 spiro atoms. The second-order valence-electron chi connectivity index (χ2n) is 4.82. The first kappa shape index (κ1) is 15.6. The van der Waals surface area contributed by atoms with Crippen LogP contribution in [0, 0.1) is 5.82 Å². The van der Waals surface area contributed by atoms with E-state index in [1.165, 1.54) is 6.20 Å². The van der Waals surface area contributed by atoms with Crippen molar-refractivity contribution in [3.8, 4) is 0 Å². The highest BCUT2D eigenvalue weighted by Gasteiger charge is 2.23. The highest BCUT2D eigenvalue weighted by Crippen LogP contribution is 2.29. The van der Waals surface area contributed by atoms with Crippen LogP contribution in [0.15, 0.2) is 6.20 Å². The van der Waals surface area contributed by atoms with E-state index in [1.54, 1.807) is 7.11 Å². The quantitative estimate of drug-likeness (QED) is 0.614. The van der Waals surface area contributed by atoms with Crippen LogP contribution >= 0.6 is 23.2 Å². The van der Waals surface area contributed by atoms with Crippen LogP contribution in [0.25, 0.3) is 10.9 Å². The van der Waals surface area contributed by atoms with Crippen molar-refractivity contribution >= 4 is 39.9 Å². The molecule has 6 nitrogen and oxygen atoms in total. The van der Waals surface area contributed by atoms with E-state index >= 15 is 0 Å². The molecule has 0 radical (unpaired) electrons. The zero-order valence-electron chi connectivity index (χ0n) is 11.7. The van der Waals surface area contributed by atoms with Crippen molar-refractivity contribution in [3.63, 3.8) is 0 Å². The summed E-state index contributed by atoms with van der Waals surface area (Å²) in [4.78, 5) is 13.9. The minimum Gasteiger partial charge on any atom is -0.377 e. The first-order valence-corrected chi connectivity index (χ1v) is 7.38. The van der Waals surface area contributed by atoms with Gasteiger partial charge in [0.15, 0.2) is 11.0 Å². The maximum atomic E-state index is 14.1. The van der Waals surface area contributed by atoms with E-state index in [9.17, 15) is 4.39 Å². The Bertz CT molecular complexity index is 703. The lowest BCUT2D eigenvalue weighted by atomic mass is 10.2. The van der Waals surface area contributed by atoms with Crippen molar-refractivity contribution in [3.05, 3.63) is 22.5 Å². The van der Waals surface area contributed by atoms with Gasteiger partial charge in [0, 0.05) is 26.4 Å². The number of hydrogen-bond donors (Lipinski definition) is 0. The van der Waals surface area contributed by atoms with Crippen LogP contribution < -0.4 is 4.90 Å². The van der Waals surface area contributed by atoms with Crippen molar-refractivity contribution in [1.82, 2.24) is 15.0 Å². The fraction of sp³-hybridized carbons (Fsp3) is 0.462. The highest BCUT2D eigenvalue weighted by atomic mass is 35.5. The molecule has 0 saturated carbocycles. The molecule has 3 rings (SSSR count). The summed E-state index contributed by atoms with van der Waals surface area (Å²) >= 11 is 11.6. The Morgan fingerprint density at radius 2 is 2.23 bits per heavy atom. The molecular weight excluding hydrogens is 334 g/mol. The molecule has 1 atom stereocenters. The summed E-state index contributed by atoms with van der Waals surface area (Å²) in [5.41, 5.74) is 0.0501. The normalized spacial score (nSPS) is 19.5. The third-order valence-electron chi connectivity index (χ3n) is 3.46. The number of rotatable bonds is 2. The predicted molar refractivity (Wildman–Crippen MR) is 81.1 cm³/mol. The van der Waals surface area contributed by atoms with Crippen LogP contribution in [0.3, 0.4) is 0 Å². The van der Waals surface area contributed by atoms with Crippen LogP contribution in [0.2, 0.25) is 10.4 Å². The smallest absolute Gasteiger partial charge is 0.225 e. The lowest BCUT2D eigenvalue weighted by Gasteiger charge is -2.24. The van der Waals surface area contributed by atoms with E-state index in [2.05, 4.69) is 15.0 Å². The van der Waals surface area contributed by atoms with Gasteiger partial charge in [0.1, 0.15) is 11.3 Å². The number of fused-ring (bicyclic) bond motifs is 1. The van der Waals surface area contributed by atoms with Crippen LogP contribution in [0.4, 0.5) is 10.2 Å². The summed E-state index contributed by atoms with van der Waals surface area (Å²) in [5, 5.41) is 0.146. The average molecular weight is 347 g/mol. The minimum atomic E-state index is -0.709. The Kier molecular flexibility index (Phi) is 4.58. The number of methoxy groups -OCH3 is 1. The Balaban J connectivity index is 2.11. The molecule has 0 amide bonds. The van der Waals surface area contributed by atoms with Crippen molar-refractivity contribution < 1.29 is 13.9 Å². The predicted octanol–water partition coefficient (Wildman–Crippen LogP) is 2.32. The first-order valence-electron chi connectivity index (χ1n) is 6.63. The number of nitrogens with zero attached hydrogens (tertiary/aromatic N) is 4. The van der Waals surface area contributed by atoms with E-state index in [-0.39, 0.29) is 22.1 Å². The van der Waals surface area contributed by atoms with Gasteiger partial charge in [0.2, 0.25) is 5.28 Å². The van der Waals surface area contributed by atoms with E-state index < -0.39 is 5.82 Å². The van der Waals surface area contributed by atoms with Gasteiger partial charge in [-0.1, -0.05) is 11.6 Å². The maximum Gasteiger partial charge on any atom is 0.225 e. The number of halogens is 3. The van der Waals surface area contributed by atoms with Gasteiger partial charge in [-0.25, -0.2) is 14.4 Å². The van der Waals surface area contributed by atoms with Gasteiger partial charge in [-0.15, -0.1) is 0 Å². The average Bonchev–Trinajstić information content (AvgIpc) is 2.76. The monoisotopic (exact) mass is 346 g/mol. The van der Waals surface area contributed by atoms with E-state index in [0.717, 1.165) is 0 Å². The molecule has 22 heavy (non-hydrogen) atoms. The van der Waals surface area contributed by atoms with Gasteiger partial charge in [-0.05, 0) is 11.6 Å². The van der Waals surface area contributed by atoms with Gasteiger partial charge in [0.05, 0.1) is 24.7 Å². The molecule has 0 bridgehead atoms. The Hall–Kier alpha value is -1.28. The van der Waals surface area contributed by atoms with Crippen LogP contribution in [-0.4, -0.2) is 54.5 Å². The SMILES string of the molecule is COC1COCCN(c2nc(Cl)nc3c(F)c(Cl)ncc23)C1. The summed E-state index contributed by atoms with van der Waals surface area (Å²) in [6.07, 6.45) is 1.33. The summed E-state index contributed by atoms with van der Waals surface area (Å²) in [6, 6.07) is 0. The number of aromatic nitrogens is 3. The molecule has 118 valence electrons. The zero-order valence-corrected chi connectivity index (χ0v) is 13.2. The fourth-order valence-electron chi connectivity index (χ4n) is 2.35. The van der Waals surface area contributed by atoms with Gasteiger partial charge < -0.3 is 14.4 Å². The topological polar surface area (TPSA) is 60.4 Å².